The van der Waals surface area contributed by atoms with Crippen LogP contribution in [0.3, 0.4) is 0 Å². The molecule has 3 rings (SSSR count). The Bertz CT molecular complexity index is 772. The van der Waals surface area contributed by atoms with Gasteiger partial charge in [0.1, 0.15) is 0 Å². The highest BCUT2D eigenvalue weighted by molar-refractivity contribution is 6.24. The van der Waals surface area contributed by atoms with Gasteiger partial charge in [-0.2, -0.15) is 0 Å². The fourth-order valence-corrected chi connectivity index (χ4v) is 2.97. The van der Waals surface area contributed by atoms with E-state index < -0.39 is 0 Å². The number of unbranched alkanes of at least 4 members (excludes halogenated alkanes) is 1. The van der Waals surface area contributed by atoms with Gasteiger partial charge >= 0.3 is 0 Å². The molecule has 1 aliphatic heterocycles. The summed E-state index contributed by atoms with van der Waals surface area (Å²) in [5.41, 5.74) is 3.60. The maximum Gasteiger partial charge on any atom is 0.261 e. The van der Waals surface area contributed by atoms with Crippen molar-refractivity contribution in [3.8, 4) is 0 Å². The number of imide groups is 1. The van der Waals surface area contributed by atoms with E-state index in [1.807, 2.05) is 31.2 Å². The number of anilines is 1. The summed E-state index contributed by atoms with van der Waals surface area (Å²) < 4.78 is 0. The van der Waals surface area contributed by atoms with Gasteiger partial charge in [-0.25, -0.2) is 0 Å². The molecule has 1 aromatic carbocycles. The van der Waals surface area contributed by atoms with Gasteiger partial charge in [-0.05, 0) is 43.5 Å². The Balaban J connectivity index is 2.00. The fourth-order valence-electron chi connectivity index (χ4n) is 2.97. The molecule has 0 aliphatic carbocycles. The maximum absolute atomic E-state index is 12.3. The van der Waals surface area contributed by atoms with Gasteiger partial charge in [0.25, 0.3) is 11.8 Å². The largest absolute Gasteiger partial charge is 0.376 e. The Hall–Kier alpha value is -2.69. The molecule has 0 saturated heterocycles. The molecule has 5 heteroatoms. The molecule has 1 unspecified atom stereocenters. The number of aryl methyl sites for hydroxylation is 1. The minimum Gasteiger partial charge on any atom is -0.376 e. The predicted molar refractivity (Wildman–Crippen MR) is 93.1 cm³/mol. The van der Waals surface area contributed by atoms with Crippen molar-refractivity contribution in [3.63, 3.8) is 0 Å². The number of amides is 2. The fraction of sp³-hybridized carbons (Fsp3) is 0.316. The summed E-state index contributed by atoms with van der Waals surface area (Å²) in [5, 5.41) is 5.80. The second-order valence-electron chi connectivity index (χ2n) is 6.03. The topological polar surface area (TPSA) is 71.1 Å². The molecular weight excluding hydrogens is 302 g/mol. The van der Waals surface area contributed by atoms with Crippen molar-refractivity contribution >= 4 is 17.5 Å². The highest BCUT2D eigenvalue weighted by Gasteiger charge is 2.31. The molecule has 2 heterocycles. The van der Waals surface area contributed by atoms with Crippen LogP contribution < -0.4 is 10.6 Å². The van der Waals surface area contributed by atoms with Crippen LogP contribution in [0.25, 0.3) is 0 Å². The molecule has 24 heavy (non-hydrogen) atoms. The quantitative estimate of drug-likeness (QED) is 0.798. The van der Waals surface area contributed by atoms with Crippen LogP contribution in [0.5, 0.6) is 0 Å². The first kappa shape index (κ1) is 16.2. The van der Waals surface area contributed by atoms with Crippen molar-refractivity contribution in [3.05, 3.63) is 58.9 Å². The molecule has 0 saturated carbocycles. The third kappa shape index (κ3) is 3.02. The smallest absolute Gasteiger partial charge is 0.261 e. The van der Waals surface area contributed by atoms with Gasteiger partial charge in [-0.15, -0.1) is 0 Å². The summed E-state index contributed by atoms with van der Waals surface area (Å²) in [7, 11) is 0. The number of nitrogens with zero attached hydrogens (tertiary/aromatic N) is 1. The zero-order chi connectivity index (χ0) is 17.1. The van der Waals surface area contributed by atoms with Crippen molar-refractivity contribution in [2.45, 2.75) is 39.2 Å². The van der Waals surface area contributed by atoms with Gasteiger partial charge in [0.2, 0.25) is 0 Å². The monoisotopic (exact) mass is 323 g/mol. The van der Waals surface area contributed by atoms with Crippen LogP contribution in [-0.2, 0) is 6.42 Å². The van der Waals surface area contributed by atoms with Crippen molar-refractivity contribution in [2.24, 2.45) is 0 Å². The summed E-state index contributed by atoms with van der Waals surface area (Å²) in [4.78, 5) is 28.6. The summed E-state index contributed by atoms with van der Waals surface area (Å²) in [6.45, 7) is 4.13. The van der Waals surface area contributed by atoms with E-state index in [1.165, 1.54) is 0 Å². The van der Waals surface area contributed by atoms with Crippen LogP contribution in [0.4, 0.5) is 5.69 Å². The summed E-state index contributed by atoms with van der Waals surface area (Å²) in [6, 6.07) is 9.37. The number of rotatable bonds is 6. The number of aromatic nitrogens is 1. The zero-order valence-electron chi connectivity index (χ0n) is 13.9. The molecule has 0 fully saturated rings. The summed E-state index contributed by atoms with van der Waals surface area (Å²) >= 11 is 0. The minimum atomic E-state index is -0.330. The molecule has 0 bridgehead atoms. The minimum absolute atomic E-state index is 0.0680. The van der Waals surface area contributed by atoms with Gasteiger partial charge in [0.15, 0.2) is 0 Å². The number of carbonyl (C=O) groups excluding carboxylic acids is 2. The number of carbonyl (C=O) groups is 2. The van der Waals surface area contributed by atoms with Crippen LogP contribution in [-0.4, -0.2) is 16.8 Å². The lowest BCUT2D eigenvalue weighted by molar-refractivity contribution is 0.0880. The van der Waals surface area contributed by atoms with Crippen molar-refractivity contribution in [2.75, 3.05) is 5.32 Å². The molecule has 0 spiro atoms. The van der Waals surface area contributed by atoms with E-state index >= 15 is 0 Å². The van der Waals surface area contributed by atoms with Gasteiger partial charge in [-0.1, -0.05) is 25.5 Å². The van der Waals surface area contributed by atoms with E-state index in [4.69, 9.17) is 0 Å². The first-order chi connectivity index (χ1) is 11.6. The number of pyridine rings is 1. The Morgan fingerprint density at radius 2 is 2.00 bits per heavy atom. The molecule has 1 aliphatic rings. The van der Waals surface area contributed by atoms with E-state index in [-0.39, 0.29) is 17.9 Å². The van der Waals surface area contributed by atoms with Crippen LogP contribution in [0.1, 0.15) is 64.7 Å². The molecule has 2 amide bonds. The van der Waals surface area contributed by atoms with Crippen LogP contribution in [0.2, 0.25) is 0 Å². The molecule has 0 radical (unpaired) electrons. The molecule has 1 atom stereocenters. The predicted octanol–water partition coefficient (Wildman–Crippen LogP) is 3.48. The molecule has 5 nitrogen and oxygen atoms in total. The Labute approximate surface area is 141 Å². The lowest BCUT2D eigenvalue weighted by Crippen LogP contribution is -2.20. The lowest BCUT2D eigenvalue weighted by atomic mass is 9.97. The second kappa shape index (κ2) is 6.83. The van der Waals surface area contributed by atoms with Crippen molar-refractivity contribution < 1.29 is 9.59 Å². The van der Waals surface area contributed by atoms with Gasteiger partial charge in [-0.3, -0.25) is 19.9 Å². The van der Waals surface area contributed by atoms with E-state index in [1.54, 1.807) is 12.3 Å². The maximum atomic E-state index is 12.3. The average molecular weight is 323 g/mol. The van der Waals surface area contributed by atoms with Gasteiger partial charge in [0.05, 0.1) is 28.6 Å². The van der Waals surface area contributed by atoms with Gasteiger partial charge in [0, 0.05) is 6.20 Å². The first-order valence-electron chi connectivity index (χ1n) is 8.30. The molecule has 1 aromatic heterocycles. The third-order valence-corrected chi connectivity index (χ3v) is 4.28. The average Bonchev–Trinajstić information content (AvgIpc) is 2.89. The first-order valence-corrected chi connectivity index (χ1v) is 8.30. The van der Waals surface area contributed by atoms with Crippen LogP contribution in [0, 0.1) is 0 Å². The standard InChI is InChI=1S/C19H21N3O2/c1-3-4-7-13-9-10-14-16(19(24)22-18(14)23)17(13)21-12(2)15-8-5-6-11-20-15/h5-6,8-12,21H,3-4,7H2,1-2H3,(H,22,23,24). The zero-order valence-corrected chi connectivity index (χ0v) is 13.9. The molecule has 2 N–H and O–H groups in total. The van der Waals surface area contributed by atoms with Gasteiger partial charge < -0.3 is 5.32 Å². The normalized spacial score (nSPS) is 14.2. The number of nitrogens with one attached hydrogen (secondary N) is 2. The highest BCUT2D eigenvalue weighted by atomic mass is 16.2. The van der Waals surface area contributed by atoms with E-state index in [0.29, 0.717) is 11.1 Å². The Kier molecular flexibility index (Phi) is 4.60. The third-order valence-electron chi connectivity index (χ3n) is 4.28. The Morgan fingerprint density at radius 3 is 2.71 bits per heavy atom. The summed E-state index contributed by atoms with van der Waals surface area (Å²) in [5.74, 6) is -0.658. The lowest BCUT2D eigenvalue weighted by Gasteiger charge is -2.20. The van der Waals surface area contributed by atoms with Crippen LogP contribution in [0.15, 0.2) is 36.5 Å². The number of benzene rings is 1. The second-order valence-corrected chi connectivity index (χ2v) is 6.03. The molecular formula is C19H21N3O2. The SMILES string of the molecule is CCCCc1ccc2c(c1NC(C)c1ccccn1)C(=O)NC2=O. The number of fused-ring (bicyclic) bond motifs is 1. The van der Waals surface area contributed by atoms with Crippen molar-refractivity contribution in [1.29, 1.82) is 0 Å². The van der Waals surface area contributed by atoms with E-state index in [2.05, 4.69) is 22.5 Å². The number of hydrogen-bond acceptors (Lipinski definition) is 4. The van der Waals surface area contributed by atoms with E-state index in [9.17, 15) is 9.59 Å². The van der Waals surface area contributed by atoms with Crippen molar-refractivity contribution in [1.82, 2.24) is 10.3 Å². The highest BCUT2D eigenvalue weighted by Crippen LogP contribution is 2.32. The van der Waals surface area contributed by atoms with Crippen LogP contribution >= 0.6 is 0 Å². The summed E-state index contributed by atoms with van der Waals surface area (Å²) in [6.07, 6.45) is 4.71. The number of hydrogen-bond donors (Lipinski definition) is 2. The molecule has 124 valence electrons. The Morgan fingerprint density at radius 1 is 1.17 bits per heavy atom. The van der Waals surface area contributed by atoms with E-state index in [0.717, 1.165) is 36.2 Å². The molecule has 2 aromatic rings.